The van der Waals surface area contributed by atoms with Crippen molar-refractivity contribution in [2.45, 2.75) is 40.7 Å². The van der Waals surface area contributed by atoms with Gasteiger partial charge in [0, 0.05) is 24.6 Å². The fourth-order valence-electron chi connectivity index (χ4n) is 2.22. The van der Waals surface area contributed by atoms with Crippen LogP contribution < -0.4 is 9.50 Å². The molecule has 26 heavy (non-hydrogen) atoms. The van der Waals surface area contributed by atoms with Gasteiger partial charge in [-0.1, -0.05) is 58.0 Å². The van der Waals surface area contributed by atoms with Crippen molar-refractivity contribution in [2.24, 2.45) is 5.92 Å². The van der Waals surface area contributed by atoms with Crippen LogP contribution in [0.4, 0.5) is 5.69 Å². The Hall–Kier alpha value is -2.27. The maximum Gasteiger partial charge on any atom is 0.178 e. The van der Waals surface area contributed by atoms with Gasteiger partial charge in [-0.05, 0) is 31.2 Å². The number of hydrogen-bond donors (Lipinski definition) is 2. The average molecular weight is 376 g/mol. The van der Waals surface area contributed by atoms with Gasteiger partial charge in [-0.3, -0.25) is 4.79 Å². The Morgan fingerprint density at radius 1 is 1.00 bits per heavy atom. The first-order valence-electron chi connectivity index (χ1n) is 8.89. The molecule has 2 aromatic carbocycles. The minimum atomic E-state index is -0.815. The van der Waals surface area contributed by atoms with Crippen molar-refractivity contribution in [2.75, 3.05) is 5.32 Å². The zero-order chi connectivity index (χ0) is 19.9. The minimum absolute atomic E-state index is 0.296. The summed E-state index contributed by atoms with van der Waals surface area (Å²) in [6.45, 7) is 9.80. The molecule has 0 spiro atoms. The Balaban J connectivity index is 0.00000146. The highest BCUT2D eigenvalue weighted by atomic mass is 32.1. The second kappa shape index (κ2) is 14.0. The lowest BCUT2D eigenvalue weighted by Gasteiger charge is -2.21. The molecule has 0 heterocycles. The predicted octanol–water partition coefficient (Wildman–Crippen LogP) is 5.46. The monoisotopic (exact) mass is 375 g/mol. The second-order valence-corrected chi connectivity index (χ2v) is 5.10. The Bertz CT molecular complexity index is 647. The van der Waals surface area contributed by atoms with E-state index in [4.69, 9.17) is 4.18 Å². The molecule has 0 amide bonds. The van der Waals surface area contributed by atoms with Crippen LogP contribution in [0, 0.1) is 5.92 Å². The molecule has 0 radical (unpaired) electrons. The van der Waals surface area contributed by atoms with Gasteiger partial charge in [0.1, 0.15) is 12.0 Å². The van der Waals surface area contributed by atoms with Crippen molar-refractivity contribution < 1.29 is 13.8 Å². The van der Waals surface area contributed by atoms with Gasteiger partial charge in [0.15, 0.2) is 5.78 Å². The van der Waals surface area contributed by atoms with E-state index in [2.05, 4.69) is 18.2 Å². The third-order valence-corrected chi connectivity index (χ3v) is 3.60. The number of carbonyl (C=O) groups excluding carboxylic acids is 2. The normalized spacial score (nSPS) is 11.5. The molecule has 2 atom stereocenters. The van der Waals surface area contributed by atoms with Crippen LogP contribution in [0.1, 0.15) is 45.0 Å². The Morgan fingerprint density at radius 3 is 2.08 bits per heavy atom. The molecule has 1 N–H and O–H groups in total. The van der Waals surface area contributed by atoms with Crippen molar-refractivity contribution >= 4 is 30.7 Å². The molecule has 0 aliphatic carbocycles. The van der Waals surface area contributed by atoms with Crippen LogP contribution in [0.5, 0.6) is 5.75 Å². The van der Waals surface area contributed by atoms with Crippen LogP contribution >= 0.6 is 12.9 Å². The lowest BCUT2D eigenvalue weighted by Crippen LogP contribution is -2.33. The first-order chi connectivity index (χ1) is 12.7. The first kappa shape index (κ1) is 23.7. The molecule has 0 saturated heterocycles. The Morgan fingerprint density at radius 2 is 1.54 bits per heavy atom. The number of Topliss-reactive ketones (excluding diaryl/α,β-unsaturated/α-hetero) is 1. The molecule has 0 saturated carbocycles. The molecule has 0 aromatic heterocycles. The number of benzene rings is 2. The topological polar surface area (TPSA) is 55.4 Å². The largest absolute Gasteiger partial charge is 0.428 e. The zero-order valence-corrected chi connectivity index (χ0v) is 17.0. The molecule has 4 nitrogen and oxygen atoms in total. The number of ketones is 1. The fourth-order valence-corrected chi connectivity index (χ4v) is 2.38. The molecular weight excluding hydrogens is 346 g/mol. The smallest absolute Gasteiger partial charge is 0.178 e. The van der Waals surface area contributed by atoms with Gasteiger partial charge >= 0.3 is 0 Å². The number of hydrogen-bond acceptors (Lipinski definition) is 5. The van der Waals surface area contributed by atoms with Crippen LogP contribution in [0.15, 0.2) is 54.6 Å². The number of anilines is 1. The molecule has 5 heteroatoms. The van der Waals surface area contributed by atoms with E-state index in [1.807, 2.05) is 58.0 Å². The van der Waals surface area contributed by atoms with Crippen molar-refractivity contribution in [1.82, 2.24) is 0 Å². The van der Waals surface area contributed by atoms with Crippen LogP contribution in [0.25, 0.3) is 0 Å². The lowest BCUT2D eigenvalue weighted by molar-refractivity contribution is -0.110. The molecule has 0 aliphatic rings. The summed E-state index contributed by atoms with van der Waals surface area (Å²) < 4.78 is 4.90. The van der Waals surface area contributed by atoms with Crippen LogP contribution in [0.3, 0.4) is 0 Å². The van der Waals surface area contributed by atoms with Crippen LogP contribution in [0.2, 0.25) is 0 Å². The number of aldehydes is 1. The van der Waals surface area contributed by atoms with Crippen LogP contribution in [-0.2, 0) is 4.79 Å². The van der Waals surface area contributed by atoms with E-state index in [0.29, 0.717) is 17.6 Å². The van der Waals surface area contributed by atoms with Gasteiger partial charge in [-0.25, -0.2) is 0 Å². The van der Waals surface area contributed by atoms with Gasteiger partial charge in [0.2, 0.25) is 0 Å². The van der Waals surface area contributed by atoms with Gasteiger partial charge in [-0.2, -0.15) is 0 Å². The summed E-state index contributed by atoms with van der Waals surface area (Å²) in [7, 11) is 0. The highest BCUT2D eigenvalue weighted by Gasteiger charge is 2.27. The summed E-state index contributed by atoms with van der Waals surface area (Å²) in [5, 5.41) is 3.17. The Kier molecular flexibility index (Phi) is 12.7. The van der Waals surface area contributed by atoms with Crippen molar-refractivity contribution in [3.05, 3.63) is 60.2 Å². The lowest BCUT2D eigenvalue weighted by atomic mass is 9.92. The quantitative estimate of drug-likeness (QED) is 0.222. The average Bonchev–Trinajstić information content (AvgIpc) is 2.72. The highest BCUT2D eigenvalue weighted by molar-refractivity contribution is 7.75. The number of thiol groups is 1. The van der Waals surface area contributed by atoms with E-state index in [-0.39, 0.29) is 11.8 Å². The van der Waals surface area contributed by atoms with E-state index in [9.17, 15) is 9.59 Å². The van der Waals surface area contributed by atoms with Crippen molar-refractivity contribution in [3.63, 3.8) is 0 Å². The maximum absolute atomic E-state index is 12.6. The molecule has 2 unspecified atom stereocenters. The summed E-state index contributed by atoms with van der Waals surface area (Å²) >= 11 is 3.75. The van der Waals surface area contributed by atoms with E-state index in [1.54, 1.807) is 31.2 Å². The fraction of sp³-hybridized carbons (Fsp3) is 0.333. The van der Waals surface area contributed by atoms with Gasteiger partial charge in [0.05, 0.1) is 11.5 Å². The SMILES string of the molecule is CC.CC.CC(Nc1ccccc1)C(C=O)C(=O)c1ccccc1OS. The summed E-state index contributed by atoms with van der Waals surface area (Å²) in [4.78, 5) is 24.0. The standard InChI is InChI=1S/C17H17NO3S.2C2H6/c1-12(18-13-7-3-2-4-8-13)15(11-19)17(20)14-9-5-6-10-16(14)21-22;2*1-2/h2-12,15,18,22H,1H3;2*1-2H3. The van der Waals surface area contributed by atoms with E-state index < -0.39 is 5.92 Å². The number of para-hydroxylation sites is 2. The second-order valence-electron chi connectivity index (χ2n) is 4.91. The Labute approximate surface area is 162 Å². The van der Waals surface area contributed by atoms with Gasteiger partial charge in [0.25, 0.3) is 0 Å². The van der Waals surface area contributed by atoms with Crippen molar-refractivity contribution in [1.29, 1.82) is 0 Å². The van der Waals surface area contributed by atoms with E-state index >= 15 is 0 Å². The summed E-state index contributed by atoms with van der Waals surface area (Å²) in [6.07, 6.45) is 0.665. The van der Waals surface area contributed by atoms with E-state index in [0.717, 1.165) is 5.69 Å². The summed E-state index contributed by atoms with van der Waals surface area (Å²) in [5.74, 6) is -0.769. The summed E-state index contributed by atoms with van der Waals surface area (Å²) in [6, 6.07) is 15.8. The molecular formula is C21H29NO3S. The number of nitrogens with one attached hydrogen (secondary N) is 1. The minimum Gasteiger partial charge on any atom is -0.428 e. The summed E-state index contributed by atoms with van der Waals surface area (Å²) in [5.41, 5.74) is 1.20. The van der Waals surface area contributed by atoms with Crippen molar-refractivity contribution in [3.8, 4) is 5.75 Å². The first-order valence-corrected chi connectivity index (χ1v) is 9.25. The third-order valence-electron chi connectivity index (χ3n) is 3.41. The number of carbonyl (C=O) groups is 2. The van der Waals surface area contributed by atoms with Gasteiger partial charge in [-0.15, -0.1) is 0 Å². The zero-order valence-electron chi connectivity index (χ0n) is 16.1. The molecule has 2 aromatic rings. The molecule has 0 aliphatic heterocycles. The van der Waals surface area contributed by atoms with E-state index in [1.165, 1.54) is 0 Å². The third kappa shape index (κ3) is 6.92. The highest BCUT2D eigenvalue weighted by Crippen LogP contribution is 2.24. The number of rotatable bonds is 7. The molecule has 142 valence electrons. The van der Waals surface area contributed by atoms with Gasteiger partial charge < -0.3 is 14.3 Å². The molecule has 0 bridgehead atoms. The van der Waals surface area contributed by atoms with Crippen LogP contribution in [-0.4, -0.2) is 18.1 Å². The maximum atomic E-state index is 12.6. The predicted molar refractivity (Wildman–Crippen MR) is 112 cm³/mol. The molecule has 2 rings (SSSR count). The molecule has 0 fully saturated rings.